The van der Waals surface area contributed by atoms with Gasteiger partial charge in [-0.25, -0.2) is 0 Å². The Bertz CT molecular complexity index is 371. The summed E-state index contributed by atoms with van der Waals surface area (Å²) in [4.78, 5) is 0. The summed E-state index contributed by atoms with van der Waals surface area (Å²) in [6.45, 7) is 20.9. The van der Waals surface area contributed by atoms with Crippen molar-refractivity contribution in [1.29, 1.82) is 0 Å². The summed E-state index contributed by atoms with van der Waals surface area (Å²) in [5.74, 6) is -1.06. The van der Waals surface area contributed by atoms with Crippen LogP contribution < -0.4 is 0 Å². The molecule has 0 unspecified atom stereocenters. The van der Waals surface area contributed by atoms with Crippen LogP contribution in [0.2, 0.25) is 0 Å². The van der Waals surface area contributed by atoms with E-state index in [1.165, 1.54) is 0 Å². The molecule has 0 spiro atoms. The average Bonchev–Trinajstić information content (AvgIpc) is 2.61. The van der Waals surface area contributed by atoms with Crippen LogP contribution in [-0.2, 0) is 51.5 Å². The second kappa shape index (κ2) is 23.1. The molecule has 0 radical (unpaired) electrons. The van der Waals surface area contributed by atoms with Crippen LogP contribution >= 0.6 is 0 Å². The molecule has 126 valence electrons. The Morgan fingerprint density at radius 1 is 0.739 bits per heavy atom. The third kappa shape index (κ3) is 12.0. The van der Waals surface area contributed by atoms with Gasteiger partial charge in [0.1, 0.15) is 0 Å². The number of hydrogen-bond acceptors (Lipinski definition) is 3. The van der Waals surface area contributed by atoms with E-state index in [2.05, 4.69) is 20.0 Å². The average molecular weight is 360 g/mol. The molecule has 0 atom stereocenters. The first kappa shape index (κ1) is 29.8. The second-order valence-electron chi connectivity index (χ2n) is 3.22. The van der Waals surface area contributed by atoms with Crippen molar-refractivity contribution in [3.8, 4) is 0 Å². The first-order valence-electron chi connectivity index (χ1n) is 6.37. The van der Waals surface area contributed by atoms with Crippen molar-refractivity contribution in [3.63, 3.8) is 0 Å². The first-order valence-corrected chi connectivity index (χ1v) is 6.37. The van der Waals surface area contributed by atoms with Gasteiger partial charge in [0.25, 0.3) is 0 Å². The molecule has 0 aliphatic carbocycles. The molecule has 0 saturated heterocycles. The number of ether oxygens (including phenoxy) is 3. The van der Waals surface area contributed by atoms with E-state index in [0.717, 1.165) is 5.56 Å². The summed E-state index contributed by atoms with van der Waals surface area (Å²) >= 11 is 0. The van der Waals surface area contributed by atoms with E-state index in [4.69, 9.17) is 28.2 Å². The van der Waals surface area contributed by atoms with Crippen LogP contribution in [0.25, 0.3) is 0 Å². The van der Waals surface area contributed by atoms with Gasteiger partial charge in [0, 0.05) is 42.7 Å². The smallest absolute Gasteiger partial charge is 0 e. The van der Waals surface area contributed by atoms with E-state index >= 15 is 0 Å². The molecule has 6 nitrogen and oxygen atoms in total. The maximum absolute atomic E-state index is 7.50. The van der Waals surface area contributed by atoms with E-state index in [0.29, 0.717) is 19.8 Å². The van der Waals surface area contributed by atoms with E-state index < -0.39 is 5.97 Å². The summed E-state index contributed by atoms with van der Waals surface area (Å²) in [5.41, 5.74) is 0.889. The van der Waals surface area contributed by atoms with E-state index in [1.807, 2.05) is 51.1 Å². The van der Waals surface area contributed by atoms with Crippen LogP contribution in [0.4, 0.5) is 0 Å². The van der Waals surface area contributed by atoms with Gasteiger partial charge in [-0.1, -0.05) is 30.3 Å². The van der Waals surface area contributed by atoms with Crippen LogP contribution in [0.15, 0.2) is 30.3 Å². The van der Waals surface area contributed by atoms with Crippen molar-refractivity contribution in [3.05, 3.63) is 55.8 Å². The largest absolute Gasteiger partial charge is 0 e. The van der Waals surface area contributed by atoms with Gasteiger partial charge in [0.2, 0.25) is 0 Å². The quantitative estimate of drug-likeness (QED) is 0.425. The number of hydrogen-bond donors (Lipinski definition) is 0. The van der Waals surface area contributed by atoms with Gasteiger partial charge in [-0.05, 0) is 20.8 Å². The van der Waals surface area contributed by atoms with Crippen molar-refractivity contribution in [2.24, 2.45) is 0 Å². The molecule has 0 heterocycles. The van der Waals surface area contributed by atoms with Crippen LogP contribution in [-0.4, -0.2) is 19.8 Å². The minimum atomic E-state index is -1.06. The van der Waals surface area contributed by atoms with Gasteiger partial charge < -0.3 is 14.2 Å². The molecular formula is C16H20CrO6. The standard InChI is InChI=1S/C13H20O3.3CO.Cr/c1-4-14-13(15-5-2,16-6-3)12-10-8-7-9-11-12;3*1-2;/h7-11H,4-6H2,1-3H3;;;;. The Labute approximate surface area is 148 Å². The summed E-state index contributed by atoms with van der Waals surface area (Å²) in [5, 5.41) is 0. The van der Waals surface area contributed by atoms with Crippen molar-refractivity contribution < 1.29 is 45.5 Å². The first-order chi connectivity index (χ1) is 10.8. The van der Waals surface area contributed by atoms with Crippen molar-refractivity contribution in [2.75, 3.05) is 19.8 Å². The van der Waals surface area contributed by atoms with Crippen LogP contribution in [0, 0.1) is 20.0 Å². The van der Waals surface area contributed by atoms with Gasteiger partial charge in [0.05, 0.1) is 0 Å². The summed E-state index contributed by atoms with van der Waals surface area (Å²) in [6.07, 6.45) is 0. The molecule has 1 rings (SSSR count). The van der Waals surface area contributed by atoms with Gasteiger partial charge >= 0.3 is 39.9 Å². The summed E-state index contributed by atoms with van der Waals surface area (Å²) in [6, 6.07) is 9.74. The monoisotopic (exact) mass is 360 g/mol. The zero-order valence-electron chi connectivity index (χ0n) is 13.4. The molecule has 0 fully saturated rings. The molecule has 0 N–H and O–H groups in total. The molecule has 23 heavy (non-hydrogen) atoms. The van der Waals surface area contributed by atoms with Gasteiger partial charge in [-0.15, -0.1) is 0 Å². The van der Waals surface area contributed by atoms with E-state index in [9.17, 15) is 0 Å². The van der Waals surface area contributed by atoms with E-state index in [1.54, 1.807) is 0 Å². The second-order valence-corrected chi connectivity index (χ2v) is 3.22. The zero-order chi connectivity index (χ0) is 17.9. The SMILES string of the molecule is CCOC(OCC)(OCC)c1ccccc1.[C-]#[O+].[C-]#[O+].[C-]#[O+].[Cr]. The molecule has 0 saturated carbocycles. The molecule has 0 aliphatic rings. The fourth-order valence-electron chi connectivity index (χ4n) is 1.59. The number of rotatable bonds is 7. The molecule has 0 aliphatic heterocycles. The van der Waals surface area contributed by atoms with Gasteiger partial charge in [0.15, 0.2) is 0 Å². The fourth-order valence-corrected chi connectivity index (χ4v) is 1.59. The topological polar surface area (TPSA) is 87.4 Å². The Balaban J connectivity index is -0.000000231. The van der Waals surface area contributed by atoms with Crippen LogP contribution in [0.3, 0.4) is 0 Å². The Kier molecular flexibility index (Phi) is 30.0. The van der Waals surface area contributed by atoms with Crippen molar-refractivity contribution in [2.45, 2.75) is 26.7 Å². The zero-order valence-corrected chi connectivity index (χ0v) is 14.6. The molecule has 7 heteroatoms. The minimum Gasteiger partial charge on any atom is 0 e. The maximum Gasteiger partial charge on any atom is 0 e. The molecule has 0 amide bonds. The van der Waals surface area contributed by atoms with Crippen molar-refractivity contribution in [1.82, 2.24) is 0 Å². The normalized spacial score (nSPS) is 8.39. The Morgan fingerprint density at radius 3 is 1.30 bits per heavy atom. The van der Waals surface area contributed by atoms with Crippen molar-refractivity contribution >= 4 is 0 Å². The third-order valence-corrected chi connectivity index (χ3v) is 2.13. The Hall–Kier alpha value is -1.15. The molecule has 0 aromatic heterocycles. The predicted molar refractivity (Wildman–Crippen MR) is 74.8 cm³/mol. The summed E-state index contributed by atoms with van der Waals surface area (Å²) < 4.78 is 39.5. The molecule has 1 aromatic rings. The third-order valence-electron chi connectivity index (χ3n) is 2.13. The van der Waals surface area contributed by atoms with Gasteiger partial charge in [-0.3, -0.25) is 0 Å². The molecular weight excluding hydrogens is 340 g/mol. The van der Waals surface area contributed by atoms with E-state index in [-0.39, 0.29) is 17.4 Å². The Morgan fingerprint density at radius 2 is 1.04 bits per heavy atom. The van der Waals surface area contributed by atoms with Gasteiger partial charge in [-0.2, -0.15) is 0 Å². The van der Waals surface area contributed by atoms with Crippen LogP contribution in [0.5, 0.6) is 0 Å². The molecule has 1 aromatic carbocycles. The van der Waals surface area contributed by atoms with Crippen LogP contribution in [0.1, 0.15) is 26.3 Å². The summed E-state index contributed by atoms with van der Waals surface area (Å²) in [7, 11) is 0. The minimum absolute atomic E-state index is 0. The predicted octanol–water partition coefficient (Wildman–Crippen LogP) is 2.79. The maximum atomic E-state index is 7.50. The molecule has 0 bridgehead atoms. The number of benzene rings is 1. The fraction of sp³-hybridized carbons (Fsp3) is 0.438.